The SMILES string of the molecule is CC(C)CNc1nc(Cl)ncc1N. The highest BCUT2D eigenvalue weighted by Crippen LogP contribution is 2.15. The van der Waals surface area contributed by atoms with Crippen molar-refractivity contribution in [1.29, 1.82) is 0 Å². The van der Waals surface area contributed by atoms with Crippen LogP contribution in [0.4, 0.5) is 11.5 Å². The van der Waals surface area contributed by atoms with Crippen LogP contribution in [0.3, 0.4) is 0 Å². The molecule has 0 radical (unpaired) electrons. The van der Waals surface area contributed by atoms with Crippen LogP contribution in [0, 0.1) is 5.92 Å². The van der Waals surface area contributed by atoms with Crippen molar-refractivity contribution in [2.75, 3.05) is 17.6 Å². The molecule has 4 nitrogen and oxygen atoms in total. The van der Waals surface area contributed by atoms with Gasteiger partial charge < -0.3 is 11.1 Å². The predicted octanol–water partition coefficient (Wildman–Crippen LogP) is 1.78. The van der Waals surface area contributed by atoms with Crippen molar-refractivity contribution >= 4 is 23.1 Å². The number of aromatic nitrogens is 2. The van der Waals surface area contributed by atoms with E-state index in [-0.39, 0.29) is 5.28 Å². The first-order valence-electron chi connectivity index (χ1n) is 4.11. The summed E-state index contributed by atoms with van der Waals surface area (Å²) in [5.41, 5.74) is 6.15. The van der Waals surface area contributed by atoms with Crippen molar-refractivity contribution in [3.63, 3.8) is 0 Å². The average molecular weight is 201 g/mol. The molecule has 1 aromatic rings. The van der Waals surface area contributed by atoms with Crippen LogP contribution >= 0.6 is 11.6 Å². The van der Waals surface area contributed by atoms with Crippen LogP contribution in [0.1, 0.15) is 13.8 Å². The molecule has 1 aromatic heterocycles. The van der Waals surface area contributed by atoms with Gasteiger partial charge in [0.15, 0.2) is 5.82 Å². The highest BCUT2D eigenvalue weighted by molar-refractivity contribution is 6.28. The first kappa shape index (κ1) is 10.1. The van der Waals surface area contributed by atoms with Crippen molar-refractivity contribution in [3.8, 4) is 0 Å². The number of hydrogen-bond donors (Lipinski definition) is 2. The van der Waals surface area contributed by atoms with Crippen LogP contribution in [-0.4, -0.2) is 16.5 Å². The Morgan fingerprint density at radius 1 is 1.62 bits per heavy atom. The molecule has 0 saturated carbocycles. The summed E-state index contributed by atoms with van der Waals surface area (Å²) in [7, 11) is 0. The predicted molar refractivity (Wildman–Crippen MR) is 54.8 cm³/mol. The fourth-order valence-electron chi connectivity index (χ4n) is 0.812. The second-order valence-electron chi connectivity index (χ2n) is 3.22. The van der Waals surface area contributed by atoms with Gasteiger partial charge in [-0.3, -0.25) is 0 Å². The van der Waals surface area contributed by atoms with Gasteiger partial charge in [-0.2, -0.15) is 4.98 Å². The Morgan fingerprint density at radius 3 is 2.92 bits per heavy atom. The highest BCUT2D eigenvalue weighted by atomic mass is 35.5. The molecule has 72 valence electrons. The summed E-state index contributed by atoms with van der Waals surface area (Å²) in [5.74, 6) is 1.14. The first-order valence-corrected chi connectivity index (χ1v) is 4.49. The summed E-state index contributed by atoms with van der Waals surface area (Å²) in [6.07, 6.45) is 1.50. The lowest BCUT2D eigenvalue weighted by molar-refractivity contribution is 0.687. The van der Waals surface area contributed by atoms with Crippen LogP contribution in [0.25, 0.3) is 0 Å². The number of nitrogen functional groups attached to an aromatic ring is 1. The number of rotatable bonds is 3. The maximum Gasteiger partial charge on any atom is 0.224 e. The van der Waals surface area contributed by atoms with E-state index < -0.39 is 0 Å². The van der Waals surface area contributed by atoms with Crippen molar-refractivity contribution < 1.29 is 0 Å². The number of nitrogens with zero attached hydrogens (tertiary/aromatic N) is 2. The molecule has 0 amide bonds. The third kappa shape index (κ3) is 3.06. The van der Waals surface area contributed by atoms with Crippen LogP contribution in [0.5, 0.6) is 0 Å². The Balaban J connectivity index is 2.70. The summed E-state index contributed by atoms with van der Waals surface area (Å²) in [5, 5.41) is 3.30. The van der Waals surface area contributed by atoms with Gasteiger partial charge >= 0.3 is 0 Å². The molecule has 0 aromatic carbocycles. The Bertz CT molecular complexity index is 287. The zero-order valence-corrected chi connectivity index (χ0v) is 8.47. The van der Waals surface area contributed by atoms with Crippen molar-refractivity contribution in [1.82, 2.24) is 9.97 Å². The molecule has 0 aliphatic heterocycles. The van der Waals surface area contributed by atoms with E-state index in [0.717, 1.165) is 6.54 Å². The monoisotopic (exact) mass is 200 g/mol. The number of nitrogens with two attached hydrogens (primary N) is 1. The van der Waals surface area contributed by atoms with E-state index in [4.69, 9.17) is 17.3 Å². The van der Waals surface area contributed by atoms with Crippen molar-refractivity contribution in [2.45, 2.75) is 13.8 Å². The maximum absolute atomic E-state index is 5.63. The van der Waals surface area contributed by atoms with Gasteiger partial charge in [0.1, 0.15) is 0 Å². The van der Waals surface area contributed by atoms with Gasteiger partial charge in [-0.1, -0.05) is 13.8 Å². The van der Waals surface area contributed by atoms with E-state index in [1.54, 1.807) is 0 Å². The minimum Gasteiger partial charge on any atom is -0.394 e. The molecule has 0 atom stereocenters. The smallest absolute Gasteiger partial charge is 0.224 e. The molecule has 0 fully saturated rings. The Hall–Kier alpha value is -1.03. The van der Waals surface area contributed by atoms with Crippen molar-refractivity contribution in [2.24, 2.45) is 5.92 Å². The second kappa shape index (κ2) is 4.28. The molecule has 0 bridgehead atoms. The molecule has 0 aliphatic carbocycles. The third-order valence-corrected chi connectivity index (χ3v) is 1.65. The number of anilines is 2. The molecular formula is C8H13ClN4. The molecule has 0 unspecified atom stereocenters. The fourth-order valence-corrected chi connectivity index (χ4v) is 0.945. The highest BCUT2D eigenvalue weighted by Gasteiger charge is 2.02. The van der Waals surface area contributed by atoms with Crippen LogP contribution in [-0.2, 0) is 0 Å². The van der Waals surface area contributed by atoms with Crippen molar-refractivity contribution in [3.05, 3.63) is 11.5 Å². The zero-order chi connectivity index (χ0) is 9.84. The van der Waals surface area contributed by atoms with Gasteiger partial charge in [0, 0.05) is 6.54 Å². The Morgan fingerprint density at radius 2 is 2.31 bits per heavy atom. The second-order valence-corrected chi connectivity index (χ2v) is 3.56. The largest absolute Gasteiger partial charge is 0.394 e. The lowest BCUT2D eigenvalue weighted by Crippen LogP contribution is -2.11. The topological polar surface area (TPSA) is 63.8 Å². The molecule has 1 heterocycles. The summed E-state index contributed by atoms with van der Waals surface area (Å²) in [6.45, 7) is 5.02. The van der Waals surface area contributed by atoms with Gasteiger partial charge in [0.25, 0.3) is 0 Å². The quantitative estimate of drug-likeness (QED) is 0.731. The fraction of sp³-hybridized carbons (Fsp3) is 0.500. The normalized spacial score (nSPS) is 10.5. The van der Waals surface area contributed by atoms with Gasteiger partial charge in [0.2, 0.25) is 5.28 Å². The van der Waals surface area contributed by atoms with Gasteiger partial charge in [0.05, 0.1) is 11.9 Å². The summed E-state index contributed by atoms with van der Waals surface area (Å²) in [4.78, 5) is 7.72. The van der Waals surface area contributed by atoms with E-state index in [2.05, 4.69) is 29.1 Å². The van der Waals surface area contributed by atoms with E-state index in [1.807, 2.05) is 0 Å². The van der Waals surface area contributed by atoms with E-state index in [9.17, 15) is 0 Å². The molecule has 13 heavy (non-hydrogen) atoms. The first-order chi connectivity index (χ1) is 6.09. The maximum atomic E-state index is 5.63. The van der Waals surface area contributed by atoms with Gasteiger partial charge in [-0.15, -0.1) is 0 Å². The van der Waals surface area contributed by atoms with Gasteiger partial charge in [-0.25, -0.2) is 4.98 Å². The minimum absolute atomic E-state index is 0.209. The van der Waals surface area contributed by atoms with Crippen LogP contribution in [0.15, 0.2) is 6.20 Å². The van der Waals surface area contributed by atoms with E-state index in [0.29, 0.717) is 17.4 Å². The van der Waals surface area contributed by atoms with Gasteiger partial charge in [-0.05, 0) is 17.5 Å². The molecule has 0 spiro atoms. The van der Waals surface area contributed by atoms with Crippen LogP contribution < -0.4 is 11.1 Å². The Kier molecular flexibility index (Phi) is 3.31. The minimum atomic E-state index is 0.209. The summed E-state index contributed by atoms with van der Waals surface area (Å²) >= 11 is 5.61. The standard InChI is InChI=1S/C8H13ClN4/c1-5(2)3-11-7-6(10)4-12-8(9)13-7/h4-5H,3,10H2,1-2H3,(H,11,12,13). The molecule has 3 N–H and O–H groups in total. The molecule has 0 aliphatic rings. The zero-order valence-electron chi connectivity index (χ0n) is 7.71. The number of halogens is 1. The van der Waals surface area contributed by atoms with E-state index >= 15 is 0 Å². The summed E-state index contributed by atoms with van der Waals surface area (Å²) < 4.78 is 0. The number of hydrogen-bond acceptors (Lipinski definition) is 4. The molecule has 0 saturated heterocycles. The summed E-state index contributed by atoms with van der Waals surface area (Å²) in [6, 6.07) is 0. The lowest BCUT2D eigenvalue weighted by atomic mass is 10.2. The number of nitrogens with one attached hydrogen (secondary N) is 1. The lowest BCUT2D eigenvalue weighted by Gasteiger charge is -2.09. The average Bonchev–Trinajstić information content (AvgIpc) is 2.06. The molecule has 5 heteroatoms. The third-order valence-electron chi connectivity index (χ3n) is 1.47. The Labute approximate surface area is 82.5 Å². The molecular weight excluding hydrogens is 188 g/mol. The van der Waals surface area contributed by atoms with Crippen LogP contribution in [0.2, 0.25) is 5.28 Å². The molecule has 1 rings (SSSR count). The van der Waals surface area contributed by atoms with E-state index in [1.165, 1.54) is 6.20 Å².